The second-order valence-electron chi connectivity index (χ2n) is 9.28. The molecule has 6 rings (SSSR count). The van der Waals surface area contributed by atoms with Gasteiger partial charge in [0.2, 0.25) is 5.95 Å². The second kappa shape index (κ2) is 9.39. The highest BCUT2D eigenvalue weighted by Crippen LogP contribution is 2.33. The number of amides is 1. The molecule has 39 heavy (non-hydrogen) atoms. The van der Waals surface area contributed by atoms with Gasteiger partial charge in [-0.3, -0.25) is 14.9 Å². The Bertz CT molecular complexity index is 1750. The fourth-order valence-electron chi connectivity index (χ4n) is 5.06. The third-order valence-corrected chi connectivity index (χ3v) is 6.92. The smallest absolute Gasteiger partial charge is 0.280 e. The molecule has 5 aromatic rings. The Kier molecular flexibility index (Phi) is 5.86. The van der Waals surface area contributed by atoms with E-state index in [4.69, 9.17) is 4.98 Å². The third-order valence-electron chi connectivity index (χ3n) is 6.92. The van der Waals surface area contributed by atoms with E-state index in [1.807, 2.05) is 29.2 Å². The molecule has 0 spiro atoms. The van der Waals surface area contributed by atoms with E-state index in [0.717, 1.165) is 17.5 Å². The molecule has 1 saturated heterocycles. The highest BCUT2D eigenvalue weighted by atomic mass is 19.1. The van der Waals surface area contributed by atoms with Gasteiger partial charge in [-0.25, -0.2) is 18.2 Å². The van der Waals surface area contributed by atoms with E-state index < -0.39 is 34.1 Å². The van der Waals surface area contributed by atoms with E-state index >= 15 is 0 Å². The van der Waals surface area contributed by atoms with Crippen molar-refractivity contribution >= 4 is 34.1 Å². The molecule has 1 aliphatic rings. The van der Waals surface area contributed by atoms with Crippen molar-refractivity contribution < 1.29 is 18.5 Å². The van der Waals surface area contributed by atoms with Crippen LogP contribution in [0.4, 0.5) is 20.4 Å². The Balaban J connectivity index is 1.44. The van der Waals surface area contributed by atoms with Crippen molar-refractivity contribution in [1.29, 1.82) is 0 Å². The number of benzene rings is 3. The normalized spacial score (nSPS) is 15.7. The molecule has 0 N–H and O–H groups in total. The number of hydrogen-bond acceptors (Lipinski definition) is 7. The number of carbonyl (C=O) groups is 1. The molecule has 1 fully saturated rings. The molecule has 3 heterocycles. The van der Waals surface area contributed by atoms with E-state index in [1.165, 1.54) is 17.0 Å². The lowest BCUT2D eigenvalue weighted by Gasteiger charge is -2.40. The van der Waals surface area contributed by atoms with Gasteiger partial charge >= 0.3 is 0 Å². The van der Waals surface area contributed by atoms with Crippen LogP contribution in [0, 0.1) is 21.7 Å². The maximum absolute atomic E-state index is 14.3. The molecule has 2 aromatic heterocycles. The summed E-state index contributed by atoms with van der Waals surface area (Å²) in [4.78, 5) is 32.6. The summed E-state index contributed by atoms with van der Waals surface area (Å²) in [5.74, 6) is -1.85. The lowest BCUT2D eigenvalue weighted by Crippen LogP contribution is -2.55. The molecule has 1 amide bonds. The second-order valence-corrected chi connectivity index (χ2v) is 9.28. The molecular weight excluding hydrogens is 508 g/mol. The molecule has 1 atom stereocenters. The number of hydrogen-bond donors (Lipinski definition) is 0. The number of halogens is 2. The summed E-state index contributed by atoms with van der Waals surface area (Å²) < 4.78 is 30.4. The van der Waals surface area contributed by atoms with E-state index in [1.54, 1.807) is 29.5 Å². The zero-order chi connectivity index (χ0) is 27.3. The molecule has 12 heteroatoms. The first-order valence-corrected chi connectivity index (χ1v) is 12.2. The summed E-state index contributed by atoms with van der Waals surface area (Å²) >= 11 is 0. The van der Waals surface area contributed by atoms with Gasteiger partial charge in [0.05, 0.1) is 16.0 Å². The summed E-state index contributed by atoms with van der Waals surface area (Å²) in [7, 11) is 0. The molecule has 0 aliphatic carbocycles. The highest BCUT2D eigenvalue weighted by Gasteiger charge is 2.33. The van der Waals surface area contributed by atoms with Gasteiger partial charge in [0.15, 0.2) is 11.5 Å². The Hall–Kier alpha value is -5.00. The Morgan fingerprint density at radius 1 is 0.974 bits per heavy atom. The SMILES string of the molecule is C[C@@H]1CN(c2nc3ccccc3c3nnc(-c4ccccc4[N+](=O)[O-])n23)CCN1C(=O)c1c(F)cccc1F. The van der Waals surface area contributed by atoms with Crippen molar-refractivity contribution in [1.82, 2.24) is 24.5 Å². The first-order valence-electron chi connectivity index (χ1n) is 12.2. The molecule has 1 aliphatic heterocycles. The summed E-state index contributed by atoms with van der Waals surface area (Å²) in [6.45, 7) is 2.54. The number of nitro benzene ring substituents is 1. The van der Waals surface area contributed by atoms with E-state index in [0.29, 0.717) is 23.7 Å². The van der Waals surface area contributed by atoms with Gasteiger partial charge in [-0.2, -0.15) is 0 Å². The van der Waals surface area contributed by atoms with Crippen LogP contribution in [-0.4, -0.2) is 61.0 Å². The number of rotatable bonds is 4. The molecule has 0 bridgehead atoms. The quantitative estimate of drug-likeness (QED) is 0.249. The fourth-order valence-corrected chi connectivity index (χ4v) is 5.06. The van der Waals surface area contributed by atoms with Crippen LogP contribution >= 0.6 is 0 Å². The average molecular weight is 530 g/mol. The van der Waals surface area contributed by atoms with Crippen LogP contribution in [0.15, 0.2) is 66.7 Å². The van der Waals surface area contributed by atoms with Gasteiger partial charge in [-0.1, -0.05) is 30.3 Å². The molecule has 0 unspecified atom stereocenters. The van der Waals surface area contributed by atoms with Crippen molar-refractivity contribution in [2.24, 2.45) is 0 Å². The molecule has 0 saturated carbocycles. The van der Waals surface area contributed by atoms with Gasteiger partial charge in [0.25, 0.3) is 11.6 Å². The molecule has 3 aromatic carbocycles. The standard InChI is InChI=1S/C27H21F2N7O3/c1-16-15-33(13-14-34(16)26(37)23-19(28)9-6-10-20(23)29)27-30-21-11-4-2-7-17(21)24-31-32-25(35(24)27)18-8-3-5-12-22(18)36(38)39/h2-12,16H,13-15H2,1H3/t16-/m1/s1. The average Bonchev–Trinajstić information content (AvgIpc) is 3.38. The molecular formula is C27H21F2N7O3. The third kappa shape index (κ3) is 4.00. The number of aromatic nitrogens is 4. The first-order chi connectivity index (χ1) is 18.8. The van der Waals surface area contributed by atoms with E-state index in [-0.39, 0.29) is 30.2 Å². The number of fused-ring (bicyclic) bond motifs is 3. The van der Waals surface area contributed by atoms with Crippen molar-refractivity contribution in [3.05, 3.63) is 94.0 Å². The maximum atomic E-state index is 14.3. The predicted molar refractivity (Wildman–Crippen MR) is 139 cm³/mol. The Labute approximate surface area is 220 Å². The van der Waals surface area contributed by atoms with Crippen LogP contribution in [0.1, 0.15) is 17.3 Å². The zero-order valence-electron chi connectivity index (χ0n) is 20.7. The number of carbonyl (C=O) groups excluding carboxylic acids is 1. The number of para-hydroxylation sites is 2. The van der Waals surface area contributed by atoms with E-state index in [2.05, 4.69) is 10.2 Å². The molecule has 0 radical (unpaired) electrons. The van der Waals surface area contributed by atoms with Crippen LogP contribution in [0.25, 0.3) is 27.9 Å². The van der Waals surface area contributed by atoms with Crippen molar-refractivity contribution in [2.75, 3.05) is 24.5 Å². The highest BCUT2D eigenvalue weighted by molar-refractivity contribution is 5.95. The minimum atomic E-state index is -0.911. The Morgan fingerprint density at radius 2 is 1.69 bits per heavy atom. The molecule has 10 nitrogen and oxygen atoms in total. The predicted octanol–water partition coefficient (Wildman–Crippen LogP) is 4.48. The van der Waals surface area contributed by atoms with Crippen molar-refractivity contribution in [3.63, 3.8) is 0 Å². The summed E-state index contributed by atoms with van der Waals surface area (Å²) in [6, 6.07) is 16.5. The largest absolute Gasteiger partial charge is 0.338 e. The minimum absolute atomic E-state index is 0.124. The summed E-state index contributed by atoms with van der Waals surface area (Å²) in [5.41, 5.74) is 0.706. The van der Waals surface area contributed by atoms with Crippen molar-refractivity contribution in [3.8, 4) is 11.4 Å². The topological polar surface area (TPSA) is 110 Å². The van der Waals surface area contributed by atoms with Crippen LogP contribution < -0.4 is 4.90 Å². The monoisotopic (exact) mass is 529 g/mol. The van der Waals surface area contributed by atoms with Crippen LogP contribution in [-0.2, 0) is 0 Å². The maximum Gasteiger partial charge on any atom is 0.280 e. The summed E-state index contributed by atoms with van der Waals surface area (Å²) in [6.07, 6.45) is 0. The first kappa shape index (κ1) is 24.3. The zero-order valence-corrected chi connectivity index (χ0v) is 20.7. The van der Waals surface area contributed by atoms with Gasteiger partial charge in [0, 0.05) is 37.1 Å². The number of anilines is 1. The Morgan fingerprint density at radius 3 is 2.44 bits per heavy atom. The molecule has 196 valence electrons. The number of nitro groups is 1. The lowest BCUT2D eigenvalue weighted by atomic mass is 10.1. The van der Waals surface area contributed by atoms with Gasteiger partial charge in [-0.05, 0) is 37.3 Å². The minimum Gasteiger partial charge on any atom is -0.338 e. The number of nitrogens with zero attached hydrogens (tertiary/aromatic N) is 7. The van der Waals surface area contributed by atoms with Gasteiger partial charge < -0.3 is 9.80 Å². The van der Waals surface area contributed by atoms with E-state index in [9.17, 15) is 23.7 Å². The van der Waals surface area contributed by atoms with Crippen LogP contribution in [0.3, 0.4) is 0 Å². The van der Waals surface area contributed by atoms with Gasteiger partial charge in [0.1, 0.15) is 17.2 Å². The van der Waals surface area contributed by atoms with Crippen molar-refractivity contribution in [2.45, 2.75) is 13.0 Å². The fraction of sp³-hybridized carbons (Fsp3) is 0.185. The van der Waals surface area contributed by atoms with Gasteiger partial charge in [-0.15, -0.1) is 10.2 Å². The summed E-state index contributed by atoms with van der Waals surface area (Å²) in [5, 5.41) is 21.2. The lowest BCUT2D eigenvalue weighted by molar-refractivity contribution is -0.384. The number of piperazine rings is 1. The van der Waals surface area contributed by atoms with Crippen LogP contribution in [0.5, 0.6) is 0 Å². The van der Waals surface area contributed by atoms with Crippen LogP contribution in [0.2, 0.25) is 0 Å².